The summed E-state index contributed by atoms with van der Waals surface area (Å²) in [5.41, 5.74) is 7.60. The van der Waals surface area contributed by atoms with Crippen LogP contribution in [0, 0.1) is 6.92 Å². The van der Waals surface area contributed by atoms with Crippen LogP contribution in [-0.4, -0.2) is 11.8 Å². The van der Waals surface area contributed by atoms with Gasteiger partial charge in [0.05, 0.1) is 0 Å². The van der Waals surface area contributed by atoms with Gasteiger partial charge in [-0.2, -0.15) is 0 Å². The summed E-state index contributed by atoms with van der Waals surface area (Å²) >= 11 is 0. The molecular formula is C15H19NO2. The molecule has 1 atom stereocenters. The average Bonchev–Trinajstić information content (AvgIpc) is 2.71. The van der Waals surface area contributed by atoms with Gasteiger partial charge in [0.15, 0.2) is 11.5 Å². The van der Waals surface area contributed by atoms with Crippen LogP contribution in [-0.2, 0) is 0 Å². The maximum absolute atomic E-state index is 11.9. The summed E-state index contributed by atoms with van der Waals surface area (Å²) in [6, 6.07) is 7.89. The zero-order chi connectivity index (χ0) is 13.1. The highest BCUT2D eigenvalue weighted by Crippen LogP contribution is 2.22. The first-order valence-corrected chi connectivity index (χ1v) is 6.35. The summed E-state index contributed by atoms with van der Waals surface area (Å²) in [4.78, 5) is 11.9. The van der Waals surface area contributed by atoms with Gasteiger partial charge in [-0.1, -0.05) is 11.6 Å². The minimum Gasteiger partial charge on any atom is -0.453 e. The van der Waals surface area contributed by atoms with E-state index in [4.69, 9.17) is 10.2 Å². The van der Waals surface area contributed by atoms with Gasteiger partial charge in [0.2, 0.25) is 0 Å². The lowest BCUT2D eigenvalue weighted by Crippen LogP contribution is -2.14. The van der Waals surface area contributed by atoms with Crippen LogP contribution in [0.15, 0.2) is 28.7 Å². The molecule has 0 spiro atoms. The Kier molecular flexibility index (Phi) is 3.82. The molecule has 1 aromatic carbocycles. The lowest BCUT2D eigenvalue weighted by Gasteiger charge is -2.02. The lowest BCUT2D eigenvalue weighted by atomic mass is 10.1. The van der Waals surface area contributed by atoms with E-state index in [1.165, 1.54) is 5.56 Å². The summed E-state index contributed by atoms with van der Waals surface area (Å²) in [6.07, 6.45) is 2.18. The van der Waals surface area contributed by atoms with E-state index in [0.717, 1.165) is 23.8 Å². The number of carbonyl (C=O) groups excluding carboxylic acids is 1. The molecule has 0 amide bonds. The van der Waals surface area contributed by atoms with Gasteiger partial charge in [-0.25, -0.2) is 0 Å². The molecule has 1 heterocycles. The van der Waals surface area contributed by atoms with Gasteiger partial charge >= 0.3 is 0 Å². The van der Waals surface area contributed by atoms with Crippen LogP contribution in [0.4, 0.5) is 0 Å². The summed E-state index contributed by atoms with van der Waals surface area (Å²) < 4.78 is 5.56. The number of hydrogen-bond acceptors (Lipinski definition) is 3. The maximum Gasteiger partial charge on any atom is 0.198 e. The molecule has 18 heavy (non-hydrogen) atoms. The number of rotatable bonds is 5. The lowest BCUT2D eigenvalue weighted by molar-refractivity contribution is 0.0954. The van der Waals surface area contributed by atoms with Crippen molar-refractivity contribution in [2.75, 3.05) is 0 Å². The normalized spacial score (nSPS) is 12.8. The number of fused-ring (bicyclic) bond motifs is 1. The molecule has 0 saturated heterocycles. The number of furan rings is 1. The van der Waals surface area contributed by atoms with Gasteiger partial charge in [0.25, 0.3) is 0 Å². The molecule has 96 valence electrons. The average molecular weight is 245 g/mol. The fraction of sp³-hybridized carbons (Fsp3) is 0.400. The molecule has 2 N–H and O–H groups in total. The Bertz CT molecular complexity index is 555. The predicted molar refractivity (Wildman–Crippen MR) is 72.8 cm³/mol. The Morgan fingerprint density at radius 1 is 1.39 bits per heavy atom. The zero-order valence-electron chi connectivity index (χ0n) is 10.9. The van der Waals surface area contributed by atoms with Crippen molar-refractivity contribution in [3.05, 3.63) is 35.6 Å². The highest BCUT2D eigenvalue weighted by molar-refractivity contribution is 5.97. The Labute approximate surface area is 107 Å². The fourth-order valence-electron chi connectivity index (χ4n) is 2.01. The third-order valence-corrected chi connectivity index (χ3v) is 3.01. The van der Waals surface area contributed by atoms with E-state index in [0.29, 0.717) is 12.2 Å². The van der Waals surface area contributed by atoms with Gasteiger partial charge in [0, 0.05) is 17.8 Å². The van der Waals surface area contributed by atoms with Crippen LogP contribution in [0.25, 0.3) is 11.0 Å². The molecule has 3 nitrogen and oxygen atoms in total. The second kappa shape index (κ2) is 5.36. The predicted octanol–water partition coefficient (Wildman–Crippen LogP) is 3.44. The Morgan fingerprint density at radius 2 is 2.17 bits per heavy atom. The van der Waals surface area contributed by atoms with Crippen molar-refractivity contribution in [3.8, 4) is 0 Å². The topological polar surface area (TPSA) is 56.2 Å². The van der Waals surface area contributed by atoms with Crippen LogP contribution in [0.5, 0.6) is 0 Å². The molecular weight excluding hydrogens is 226 g/mol. The summed E-state index contributed by atoms with van der Waals surface area (Å²) in [7, 11) is 0. The van der Waals surface area contributed by atoms with E-state index in [9.17, 15) is 4.79 Å². The molecule has 0 aliphatic carbocycles. The van der Waals surface area contributed by atoms with Gasteiger partial charge in [-0.3, -0.25) is 4.79 Å². The first-order chi connectivity index (χ1) is 8.56. The molecule has 0 radical (unpaired) electrons. The molecule has 2 aromatic rings. The van der Waals surface area contributed by atoms with Crippen molar-refractivity contribution < 1.29 is 9.21 Å². The molecule has 0 saturated carbocycles. The number of Topliss-reactive ketones (excluding diaryl/α,β-unsaturated/α-hetero) is 1. The maximum atomic E-state index is 11.9. The van der Waals surface area contributed by atoms with Crippen molar-refractivity contribution >= 4 is 16.8 Å². The first-order valence-electron chi connectivity index (χ1n) is 6.35. The van der Waals surface area contributed by atoms with E-state index in [2.05, 4.69) is 0 Å². The quantitative estimate of drug-likeness (QED) is 0.821. The Hall–Kier alpha value is -1.61. The first kappa shape index (κ1) is 12.8. The largest absolute Gasteiger partial charge is 0.453 e. The highest BCUT2D eigenvalue weighted by atomic mass is 16.3. The zero-order valence-corrected chi connectivity index (χ0v) is 10.9. The van der Waals surface area contributed by atoms with Crippen molar-refractivity contribution in [2.24, 2.45) is 5.73 Å². The van der Waals surface area contributed by atoms with Gasteiger partial charge in [-0.05, 0) is 44.9 Å². The number of hydrogen-bond donors (Lipinski definition) is 1. The number of ketones is 1. The molecule has 0 fully saturated rings. The van der Waals surface area contributed by atoms with Crippen LogP contribution >= 0.6 is 0 Å². The fourth-order valence-corrected chi connectivity index (χ4v) is 2.01. The third-order valence-electron chi connectivity index (χ3n) is 3.01. The summed E-state index contributed by atoms with van der Waals surface area (Å²) in [5.74, 6) is 0.518. The van der Waals surface area contributed by atoms with Crippen LogP contribution in [0.3, 0.4) is 0 Å². The molecule has 0 aliphatic heterocycles. The SMILES string of the molecule is Cc1ccc2oc(C(=O)CCCC(C)N)cc2c1. The number of benzene rings is 1. The van der Waals surface area contributed by atoms with E-state index >= 15 is 0 Å². The smallest absolute Gasteiger partial charge is 0.198 e. The van der Waals surface area contributed by atoms with Gasteiger partial charge in [0.1, 0.15) is 5.58 Å². The highest BCUT2D eigenvalue weighted by Gasteiger charge is 2.12. The van der Waals surface area contributed by atoms with Crippen molar-refractivity contribution in [3.63, 3.8) is 0 Å². The van der Waals surface area contributed by atoms with E-state index in [1.807, 2.05) is 38.1 Å². The van der Waals surface area contributed by atoms with Gasteiger partial charge in [-0.15, -0.1) is 0 Å². The van der Waals surface area contributed by atoms with Crippen LogP contribution < -0.4 is 5.73 Å². The molecule has 1 aromatic heterocycles. The Morgan fingerprint density at radius 3 is 2.89 bits per heavy atom. The number of nitrogens with two attached hydrogens (primary N) is 1. The van der Waals surface area contributed by atoms with E-state index < -0.39 is 0 Å². The van der Waals surface area contributed by atoms with Crippen molar-refractivity contribution in [1.29, 1.82) is 0 Å². The molecule has 3 heteroatoms. The number of aryl methyl sites for hydroxylation is 1. The van der Waals surface area contributed by atoms with Crippen LogP contribution in [0.1, 0.15) is 42.3 Å². The second-order valence-electron chi connectivity index (χ2n) is 4.94. The number of carbonyl (C=O) groups is 1. The third kappa shape index (κ3) is 2.99. The molecule has 1 unspecified atom stereocenters. The standard InChI is InChI=1S/C15H19NO2/c1-10-6-7-14-12(8-10)9-15(18-14)13(17)5-3-4-11(2)16/h6-9,11H,3-5,16H2,1-2H3. The van der Waals surface area contributed by atoms with Crippen molar-refractivity contribution in [2.45, 2.75) is 39.2 Å². The van der Waals surface area contributed by atoms with Crippen molar-refractivity contribution in [1.82, 2.24) is 0 Å². The monoisotopic (exact) mass is 245 g/mol. The minimum atomic E-state index is 0.0597. The summed E-state index contributed by atoms with van der Waals surface area (Å²) in [6.45, 7) is 3.98. The molecule has 2 rings (SSSR count). The molecule has 0 aliphatic rings. The second-order valence-corrected chi connectivity index (χ2v) is 4.94. The minimum absolute atomic E-state index is 0.0597. The summed E-state index contributed by atoms with van der Waals surface area (Å²) in [5, 5.41) is 0.991. The van der Waals surface area contributed by atoms with Gasteiger partial charge < -0.3 is 10.2 Å². The molecule has 0 bridgehead atoms. The van der Waals surface area contributed by atoms with E-state index in [1.54, 1.807) is 0 Å². The van der Waals surface area contributed by atoms with E-state index in [-0.39, 0.29) is 11.8 Å². The Balaban J connectivity index is 2.08. The van der Waals surface area contributed by atoms with Crippen LogP contribution in [0.2, 0.25) is 0 Å².